The smallest absolute Gasteiger partial charge is 0.253 e. The molecular formula is C18H22FN3O4S. The third kappa shape index (κ3) is 4.92. The second-order valence-electron chi connectivity index (χ2n) is 6.65. The predicted octanol–water partition coefficient (Wildman–Crippen LogP) is 2.08. The van der Waals surface area contributed by atoms with Gasteiger partial charge in [-0.2, -0.15) is 0 Å². The van der Waals surface area contributed by atoms with Crippen LogP contribution in [0.25, 0.3) is 10.9 Å². The summed E-state index contributed by atoms with van der Waals surface area (Å²) in [5.74, 6) is 0.125. The molecule has 1 aromatic carbocycles. The van der Waals surface area contributed by atoms with E-state index in [9.17, 15) is 17.6 Å². The van der Waals surface area contributed by atoms with E-state index in [0.717, 1.165) is 5.39 Å². The lowest BCUT2D eigenvalue weighted by Crippen LogP contribution is -2.46. The molecule has 1 aliphatic rings. The van der Waals surface area contributed by atoms with E-state index in [1.165, 1.54) is 23.7 Å². The summed E-state index contributed by atoms with van der Waals surface area (Å²) < 4.78 is 42.4. The molecule has 1 N–H and O–H groups in total. The molecule has 0 spiro atoms. The molecule has 2 aromatic rings. The van der Waals surface area contributed by atoms with Crippen molar-refractivity contribution in [3.63, 3.8) is 0 Å². The first-order valence-electron chi connectivity index (χ1n) is 8.69. The zero-order chi connectivity index (χ0) is 19.6. The number of hydrogen-bond donors (Lipinski definition) is 1. The Morgan fingerprint density at radius 3 is 2.67 bits per heavy atom. The van der Waals surface area contributed by atoms with Gasteiger partial charge in [-0.25, -0.2) is 17.1 Å². The van der Waals surface area contributed by atoms with Gasteiger partial charge in [0, 0.05) is 43.7 Å². The van der Waals surface area contributed by atoms with Crippen LogP contribution < -0.4 is 10.1 Å². The van der Waals surface area contributed by atoms with Gasteiger partial charge < -0.3 is 10.1 Å². The van der Waals surface area contributed by atoms with Crippen LogP contribution in [-0.2, 0) is 10.0 Å². The van der Waals surface area contributed by atoms with Gasteiger partial charge in [-0.05, 0) is 31.0 Å². The van der Waals surface area contributed by atoms with Crippen molar-refractivity contribution in [3.8, 4) is 5.75 Å². The molecule has 1 aromatic heterocycles. The number of rotatable bonds is 5. The van der Waals surface area contributed by atoms with Crippen LogP contribution in [0.2, 0.25) is 0 Å². The molecule has 2 heterocycles. The van der Waals surface area contributed by atoms with Gasteiger partial charge in [-0.15, -0.1) is 0 Å². The van der Waals surface area contributed by atoms with Gasteiger partial charge in [0.05, 0.1) is 17.3 Å². The number of sulfonamides is 1. The molecular weight excluding hydrogens is 373 g/mol. The third-order valence-electron chi connectivity index (χ3n) is 4.47. The Labute approximate surface area is 157 Å². The maximum atomic E-state index is 12.9. The highest BCUT2D eigenvalue weighted by Crippen LogP contribution is 2.21. The standard InChI is InChI=1S/C18H22FN3O4S/c1-12(19)26-16-4-3-13-9-14(11-20-17(13)10-16)18(23)21-15-5-7-22(8-6-15)27(2,24)25/h3-4,9-12,15H,5-8H2,1-2H3,(H,21,23). The van der Waals surface area contributed by atoms with Gasteiger partial charge in [-0.1, -0.05) is 0 Å². The van der Waals surface area contributed by atoms with Crippen LogP contribution in [-0.4, -0.2) is 55.4 Å². The van der Waals surface area contributed by atoms with Crippen LogP contribution in [0.15, 0.2) is 30.5 Å². The van der Waals surface area contributed by atoms with Gasteiger partial charge in [0.25, 0.3) is 5.91 Å². The number of piperidine rings is 1. The topological polar surface area (TPSA) is 88.6 Å². The van der Waals surface area contributed by atoms with Crippen LogP contribution in [0, 0.1) is 0 Å². The van der Waals surface area contributed by atoms with Crippen molar-refractivity contribution in [1.29, 1.82) is 0 Å². The summed E-state index contributed by atoms with van der Waals surface area (Å²) in [7, 11) is -3.19. The van der Waals surface area contributed by atoms with E-state index in [0.29, 0.717) is 42.8 Å². The monoisotopic (exact) mass is 395 g/mol. The van der Waals surface area contributed by atoms with Gasteiger partial charge in [-0.3, -0.25) is 9.78 Å². The predicted molar refractivity (Wildman–Crippen MR) is 99.8 cm³/mol. The van der Waals surface area contributed by atoms with Crippen LogP contribution in [0.1, 0.15) is 30.1 Å². The maximum Gasteiger partial charge on any atom is 0.253 e. The molecule has 146 valence electrons. The van der Waals surface area contributed by atoms with Crippen molar-refractivity contribution in [2.24, 2.45) is 0 Å². The van der Waals surface area contributed by atoms with Crippen LogP contribution in [0.3, 0.4) is 0 Å². The molecule has 1 amide bonds. The van der Waals surface area contributed by atoms with Crippen LogP contribution >= 0.6 is 0 Å². The summed E-state index contributed by atoms with van der Waals surface area (Å²) in [5.41, 5.74) is 1.02. The Morgan fingerprint density at radius 2 is 2.04 bits per heavy atom. The number of hydrogen-bond acceptors (Lipinski definition) is 5. The SMILES string of the molecule is CC(F)Oc1ccc2cc(C(=O)NC3CCN(S(C)(=O)=O)CC3)cnc2c1. The normalized spacial score (nSPS) is 17.6. The summed E-state index contributed by atoms with van der Waals surface area (Å²) in [6.45, 7) is 2.09. The van der Waals surface area contributed by atoms with Gasteiger partial charge >= 0.3 is 0 Å². The number of nitrogens with one attached hydrogen (secondary N) is 1. The first kappa shape index (κ1) is 19.5. The number of benzene rings is 1. The number of aromatic nitrogens is 1. The molecule has 3 rings (SSSR count). The number of amides is 1. The minimum atomic E-state index is -3.19. The largest absolute Gasteiger partial charge is 0.461 e. The average Bonchev–Trinajstić information content (AvgIpc) is 2.60. The lowest BCUT2D eigenvalue weighted by molar-refractivity contribution is 0.0861. The highest BCUT2D eigenvalue weighted by atomic mass is 32.2. The quantitative estimate of drug-likeness (QED) is 0.837. The summed E-state index contributed by atoms with van der Waals surface area (Å²) in [6, 6.07) is 6.61. The number of fused-ring (bicyclic) bond motifs is 1. The number of ether oxygens (including phenoxy) is 1. The summed E-state index contributed by atoms with van der Waals surface area (Å²) in [4.78, 5) is 16.7. The Kier molecular flexibility index (Phi) is 5.61. The number of halogens is 1. The van der Waals surface area contributed by atoms with E-state index in [1.54, 1.807) is 24.3 Å². The molecule has 0 saturated carbocycles. The van der Waals surface area contributed by atoms with Gasteiger partial charge in [0.15, 0.2) is 0 Å². The lowest BCUT2D eigenvalue weighted by atomic mass is 10.1. The second kappa shape index (κ2) is 7.77. The zero-order valence-electron chi connectivity index (χ0n) is 15.2. The van der Waals surface area contributed by atoms with Gasteiger partial charge in [0.1, 0.15) is 5.75 Å². The zero-order valence-corrected chi connectivity index (χ0v) is 16.0. The molecule has 1 unspecified atom stereocenters. The van der Waals surface area contributed by atoms with E-state index in [1.807, 2.05) is 0 Å². The molecule has 7 nitrogen and oxygen atoms in total. The third-order valence-corrected chi connectivity index (χ3v) is 5.78. The number of nitrogens with zero attached hydrogens (tertiary/aromatic N) is 2. The molecule has 0 bridgehead atoms. The Bertz CT molecular complexity index is 941. The van der Waals surface area contributed by atoms with E-state index >= 15 is 0 Å². The first-order chi connectivity index (χ1) is 12.7. The molecule has 27 heavy (non-hydrogen) atoms. The van der Waals surface area contributed by atoms with Crippen LogP contribution in [0.5, 0.6) is 5.75 Å². The summed E-state index contributed by atoms with van der Waals surface area (Å²) in [6.07, 6.45) is 2.38. The minimum absolute atomic E-state index is 0.0759. The average molecular weight is 395 g/mol. The Balaban J connectivity index is 1.66. The van der Waals surface area contributed by atoms with Crippen molar-refractivity contribution in [2.75, 3.05) is 19.3 Å². The molecule has 1 saturated heterocycles. The first-order valence-corrected chi connectivity index (χ1v) is 10.5. The fourth-order valence-electron chi connectivity index (χ4n) is 3.09. The highest BCUT2D eigenvalue weighted by molar-refractivity contribution is 7.88. The van der Waals surface area contributed by atoms with Crippen LogP contribution in [0.4, 0.5) is 4.39 Å². The maximum absolute atomic E-state index is 12.9. The molecule has 1 atom stereocenters. The number of carbonyl (C=O) groups is 1. The molecule has 9 heteroatoms. The Morgan fingerprint density at radius 1 is 1.33 bits per heavy atom. The van der Waals surface area contributed by atoms with E-state index in [4.69, 9.17) is 4.74 Å². The van der Waals surface area contributed by atoms with Crippen molar-refractivity contribution in [1.82, 2.24) is 14.6 Å². The summed E-state index contributed by atoms with van der Waals surface area (Å²) in [5, 5.41) is 3.68. The van der Waals surface area contributed by atoms with Gasteiger partial charge in [0.2, 0.25) is 16.4 Å². The van der Waals surface area contributed by atoms with Crippen molar-refractivity contribution in [2.45, 2.75) is 32.2 Å². The molecule has 1 fully saturated rings. The number of alkyl halides is 1. The molecule has 0 aliphatic carbocycles. The minimum Gasteiger partial charge on any atom is -0.461 e. The van der Waals surface area contributed by atoms with Crippen molar-refractivity contribution < 1.29 is 22.3 Å². The van der Waals surface area contributed by atoms with Crippen molar-refractivity contribution >= 4 is 26.8 Å². The fraction of sp³-hybridized carbons (Fsp3) is 0.444. The molecule has 0 radical (unpaired) electrons. The lowest BCUT2D eigenvalue weighted by Gasteiger charge is -2.30. The number of pyridine rings is 1. The van der Waals surface area contributed by atoms with E-state index < -0.39 is 16.4 Å². The van der Waals surface area contributed by atoms with E-state index in [-0.39, 0.29) is 11.9 Å². The highest BCUT2D eigenvalue weighted by Gasteiger charge is 2.26. The Hall–Kier alpha value is -2.26. The fourth-order valence-corrected chi connectivity index (χ4v) is 3.96. The molecule has 1 aliphatic heterocycles. The van der Waals surface area contributed by atoms with Crippen molar-refractivity contribution in [3.05, 3.63) is 36.0 Å². The second-order valence-corrected chi connectivity index (χ2v) is 8.63. The summed E-state index contributed by atoms with van der Waals surface area (Å²) >= 11 is 0. The number of carbonyl (C=O) groups excluding carboxylic acids is 1. The van der Waals surface area contributed by atoms with E-state index in [2.05, 4.69) is 10.3 Å².